The second-order valence-corrected chi connectivity index (χ2v) is 6.16. The Morgan fingerprint density at radius 1 is 1.21 bits per heavy atom. The van der Waals surface area contributed by atoms with Gasteiger partial charge < -0.3 is 5.32 Å². The summed E-state index contributed by atoms with van der Waals surface area (Å²) >= 11 is 0. The summed E-state index contributed by atoms with van der Waals surface area (Å²) in [6, 6.07) is 0. The largest absolute Gasteiger partial charge is 0.356 e. The summed E-state index contributed by atoms with van der Waals surface area (Å²) in [6.45, 7) is 6.12. The molecular weight excluding hydrogens is 244 g/mol. The van der Waals surface area contributed by atoms with Gasteiger partial charge in [-0.25, -0.2) is 5.48 Å². The van der Waals surface area contributed by atoms with Crippen LogP contribution in [0, 0.1) is 5.41 Å². The first-order chi connectivity index (χ1) is 8.89. The standard InChI is InChI=1S/C14H26N2O3/c1-14(2,3)13(18)15-10-6-9-12(17)16-19-11-7-4-5-8-11/h11H,4-10H2,1-3H3,(H,15,18)(H,16,17). The van der Waals surface area contributed by atoms with Crippen LogP contribution in [0.3, 0.4) is 0 Å². The highest BCUT2D eigenvalue weighted by atomic mass is 16.7. The van der Waals surface area contributed by atoms with Gasteiger partial charge in [0.05, 0.1) is 6.10 Å². The summed E-state index contributed by atoms with van der Waals surface area (Å²) < 4.78 is 0. The molecule has 0 aromatic carbocycles. The molecule has 0 aromatic rings. The molecule has 0 aliphatic heterocycles. The van der Waals surface area contributed by atoms with Crippen LogP contribution in [0.25, 0.3) is 0 Å². The molecule has 0 spiro atoms. The van der Waals surface area contributed by atoms with Crippen molar-refractivity contribution in [2.24, 2.45) is 5.41 Å². The third kappa shape index (κ3) is 6.57. The first kappa shape index (κ1) is 16.0. The number of amides is 2. The molecule has 0 atom stereocenters. The minimum atomic E-state index is -0.381. The molecule has 0 aromatic heterocycles. The lowest BCUT2D eigenvalue weighted by Crippen LogP contribution is -2.36. The SMILES string of the molecule is CC(C)(C)C(=O)NCCCC(=O)NOC1CCCC1. The molecule has 5 nitrogen and oxygen atoms in total. The molecule has 0 radical (unpaired) electrons. The molecule has 2 amide bonds. The monoisotopic (exact) mass is 270 g/mol. The predicted octanol–water partition coefficient (Wildman–Crippen LogP) is 1.92. The molecule has 0 bridgehead atoms. The maximum Gasteiger partial charge on any atom is 0.243 e. The van der Waals surface area contributed by atoms with E-state index in [0.717, 1.165) is 12.8 Å². The quantitative estimate of drug-likeness (QED) is 0.572. The van der Waals surface area contributed by atoms with Crippen molar-refractivity contribution in [1.82, 2.24) is 10.8 Å². The highest BCUT2D eigenvalue weighted by Gasteiger charge is 2.20. The predicted molar refractivity (Wildman–Crippen MR) is 73.2 cm³/mol. The zero-order valence-electron chi connectivity index (χ0n) is 12.3. The van der Waals surface area contributed by atoms with Gasteiger partial charge in [-0.15, -0.1) is 0 Å². The first-order valence-electron chi connectivity index (χ1n) is 7.12. The summed E-state index contributed by atoms with van der Waals surface area (Å²) in [7, 11) is 0. The fourth-order valence-corrected chi connectivity index (χ4v) is 1.92. The van der Waals surface area contributed by atoms with E-state index in [4.69, 9.17) is 4.84 Å². The summed E-state index contributed by atoms with van der Waals surface area (Å²) in [4.78, 5) is 28.4. The van der Waals surface area contributed by atoms with Gasteiger partial charge in [-0.1, -0.05) is 33.6 Å². The molecule has 0 heterocycles. The van der Waals surface area contributed by atoms with Crippen molar-refractivity contribution in [2.45, 2.75) is 65.4 Å². The zero-order chi connectivity index (χ0) is 14.3. The molecule has 1 aliphatic rings. The van der Waals surface area contributed by atoms with Crippen LogP contribution in [-0.2, 0) is 14.4 Å². The summed E-state index contributed by atoms with van der Waals surface area (Å²) in [5.74, 6) is -0.105. The normalized spacial score (nSPS) is 16.4. The first-order valence-corrected chi connectivity index (χ1v) is 7.12. The number of nitrogens with one attached hydrogen (secondary N) is 2. The third-order valence-corrected chi connectivity index (χ3v) is 3.19. The van der Waals surface area contributed by atoms with Gasteiger partial charge >= 0.3 is 0 Å². The molecule has 5 heteroatoms. The van der Waals surface area contributed by atoms with Crippen LogP contribution in [0.2, 0.25) is 0 Å². The fraction of sp³-hybridized carbons (Fsp3) is 0.857. The van der Waals surface area contributed by atoms with Crippen LogP contribution in [0.1, 0.15) is 59.3 Å². The highest BCUT2D eigenvalue weighted by Crippen LogP contribution is 2.19. The van der Waals surface area contributed by atoms with E-state index in [-0.39, 0.29) is 23.3 Å². The van der Waals surface area contributed by atoms with E-state index in [1.807, 2.05) is 20.8 Å². The molecule has 110 valence electrons. The highest BCUT2D eigenvalue weighted by molar-refractivity contribution is 5.81. The van der Waals surface area contributed by atoms with Crippen molar-refractivity contribution in [3.63, 3.8) is 0 Å². The lowest BCUT2D eigenvalue weighted by atomic mass is 9.96. The maximum absolute atomic E-state index is 11.6. The van der Waals surface area contributed by atoms with E-state index in [2.05, 4.69) is 10.8 Å². The summed E-state index contributed by atoms with van der Waals surface area (Å²) in [5.41, 5.74) is 2.11. The Balaban J connectivity index is 2.02. The van der Waals surface area contributed by atoms with E-state index < -0.39 is 0 Å². The van der Waals surface area contributed by atoms with Crippen LogP contribution < -0.4 is 10.8 Å². The number of carbonyl (C=O) groups excluding carboxylic acids is 2. The molecule has 0 saturated heterocycles. The van der Waals surface area contributed by atoms with Crippen LogP contribution in [0.15, 0.2) is 0 Å². The van der Waals surface area contributed by atoms with Crippen molar-refractivity contribution in [3.05, 3.63) is 0 Å². The summed E-state index contributed by atoms with van der Waals surface area (Å²) in [5, 5.41) is 2.82. The Morgan fingerprint density at radius 3 is 2.42 bits per heavy atom. The van der Waals surface area contributed by atoms with Gasteiger partial charge in [0.25, 0.3) is 0 Å². The van der Waals surface area contributed by atoms with E-state index in [9.17, 15) is 9.59 Å². The van der Waals surface area contributed by atoms with Gasteiger partial charge in [0.2, 0.25) is 11.8 Å². The van der Waals surface area contributed by atoms with Crippen LogP contribution >= 0.6 is 0 Å². The van der Waals surface area contributed by atoms with Crippen LogP contribution in [0.5, 0.6) is 0 Å². The van der Waals surface area contributed by atoms with Crippen LogP contribution in [0.4, 0.5) is 0 Å². The van der Waals surface area contributed by atoms with Crippen molar-refractivity contribution in [1.29, 1.82) is 0 Å². The van der Waals surface area contributed by atoms with E-state index >= 15 is 0 Å². The van der Waals surface area contributed by atoms with Gasteiger partial charge in [0.1, 0.15) is 0 Å². The number of hydrogen-bond acceptors (Lipinski definition) is 3. The summed E-state index contributed by atoms with van der Waals surface area (Å²) in [6.07, 6.45) is 5.60. The minimum Gasteiger partial charge on any atom is -0.356 e. The Bertz CT molecular complexity index is 304. The smallest absolute Gasteiger partial charge is 0.243 e. The number of hydroxylamine groups is 1. The molecule has 19 heavy (non-hydrogen) atoms. The number of hydrogen-bond donors (Lipinski definition) is 2. The van der Waals surface area contributed by atoms with Crippen molar-refractivity contribution < 1.29 is 14.4 Å². The van der Waals surface area contributed by atoms with Gasteiger partial charge in [-0.05, 0) is 19.3 Å². The van der Waals surface area contributed by atoms with Crippen molar-refractivity contribution in [2.75, 3.05) is 6.54 Å². The Labute approximate surface area is 115 Å². The fourth-order valence-electron chi connectivity index (χ4n) is 1.92. The van der Waals surface area contributed by atoms with Crippen molar-refractivity contribution >= 4 is 11.8 Å². The average molecular weight is 270 g/mol. The molecule has 1 fully saturated rings. The molecule has 0 unspecified atom stereocenters. The lowest BCUT2D eigenvalue weighted by molar-refractivity contribution is -0.138. The molecule has 2 N–H and O–H groups in total. The van der Waals surface area contributed by atoms with E-state index in [1.54, 1.807) is 0 Å². The zero-order valence-corrected chi connectivity index (χ0v) is 12.3. The molecule has 1 rings (SSSR count). The third-order valence-electron chi connectivity index (χ3n) is 3.19. The topological polar surface area (TPSA) is 67.4 Å². The van der Waals surface area contributed by atoms with Crippen LogP contribution in [-0.4, -0.2) is 24.5 Å². The lowest BCUT2D eigenvalue weighted by Gasteiger charge is -2.17. The Morgan fingerprint density at radius 2 is 1.84 bits per heavy atom. The van der Waals surface area contributed by atoms with Crippen molar-refractivity contribution in [3.8, 4) is 0 Å². The second-order valence-electron chi connectivity index (χ2n) is 6.16. The van der Waals surface area contributed by atoms with E-state index in [0.29, 0.717) is 19.4 Å². The van der Waals surface area contributed by atoms with Gasteiger partial charge in [0.15, 0.2) is 0 Å². The van der Waals surface area contributed by atoms with Gasteiger partial charge in [0, 0.05) is 18.4 Å². The van der Waals surface area contributed by atoms with Gasteiger partial charge in [-0.3, -0.25) is 14.4 Å². The Hall–Kier alpha value is -1.10. The maximum atomic E-state index is 11.6. The Kier molecular flexibility index (Phi) is 6.28. The number of rotatable bonds is 6. The minimum absolute atomic E-state index is 0.00936. The molecule has 1 saturated carbocycles. The second kappa shape index (κ2) is 7.48. The van der Waals surface area contributed by atoms with Gasteiger partial charge in [-0.2, -0.15) is 0 Å². The molecular formula is C14H26N2O3. The average Bonchev–Trinajstić information content (AvgIpc) is 2.83. The van der Waals surface area contributed by atoms with E-state index in [1.165, 1.54) is 12.8 Å². The number of carbonyl (C=O) groups is 2. The molecule has 1 aliphatic carbocycles.